The van der Waals surface area contributed by atoms with Crippen molar-refractivity contribution >= 4 is 16.5 Å². The molecule has 2 rings (SSSR count). The van der Waals surface area contributed by atoms with Gasteiger partial charge in [-0.1, -0.05) is 20.8 Å². The molecule has 108 valence electrons. The van der Waals surface area contributed by atoms with Crippen LogP contribution in [0.15, 0.2) is 5.38 Å². The summed E-state index contributed by atoms with van der Waals surface area (Å²) < 4.78 is 0. The van der Waals surface area contributed by atoms with E-state index < -0.39 is 0 Å². The summed E-state index contributed by atoms with van der Waals surface area (Å²) in [4.78, 5) is 7.36. The van der Waals surface area contributed by atoms with Crippen molar-refractivity contribution in [3.05, 3.63) is 11.1 Å². The van der Waals surface area contributed by atoms with Crippen LogP contribution >= 0.6 is 11.3 Å². The molecule has 2 heterocycles. The zero-order valence-corrected chi connectivity index (χ0v) is 13.5. The van der Waals surface area contributed by atoms with Crippen LogP contribution < -0.4 is 10.2 Å². The van der Waals surface area contributed by atoms with Gasteiger partial charge in [-0.15, -0.1) is 11.3 Å². The van der Waals surface area contributed by atoms with Crippen LogP contribution in [-0.2, 0) is 6.54 Å². The van der Waals surface area contributed by atoms with E-state index >= 15 is 0 Å². The summed E-state index contributed by atoms with van der Waals surface area (Å²) >= 11 is 1.80. The maximum atomic E-state index is 4.82. The Bertz CT molecular complexity index is 388. The predicted octanol–water partition coefficient (Wildman–Crippen LogP) is 3.66. The first-order valence-corrected chi connectivity index (χ1v) is 8.43. The summed E-state index contributed by atoms with van der Waals surface area (Å²) in [5.74, 6) is 0.696. The maximum Gasteiger partial charge on any atom is 0.186 e. The van der Waals surface area contributed by atoms with Crippen molar-refractivity contribution in [1.29, 1.82) is 0 Å². The maximum absolute atomic E-state index is 4.82. The Balaban J connectivity index is 1.96. The Kier molecular flexibility index (Phi) is 5.22. The molecule has 0 aliphatic carbocycles. The standard InChI is InChI=1S/C15H27N3S/c1-5-14-7-6-12(4)18(14)15-17-13(10-19-15)9-16-8-11(2)3/h10-12,14,16H,5-9H2,1-4H3. The van der Waals surface area contributed by atoms with Crippen molar-refractivity contribution in [3.63, 3.8) is 0 Å². The fraction of sp³-hybridized carbons (Fsp3) is 0.800. The summed E-state index contributed by atoms with van der Waals surface area (Å²) in [5.41, 5.74) is 1.19. The highest BCUT2D eigenvalue weighted by atomic mass is 32.1. The minimum Gasteiger partial charge on any atom is -0.342 e. The van der Waals surface area contributed by atoms with Gasteiger partial charge in [-0.3, -0.25) is 0 Å². The number of aromatic nitrogens is 1. The molecule has 4 heteroatoms. The molecule has 1 fully saturated rings. The summed E-state index contributed by atoms with van der Waals surface area (Å²) in [6, 6.07) is 1.34. The third-order valence-corrected chi connectivity index (χ3v) is 4.78. The molecular formula is C15H27N3S. The van der Waals surface area contributed by atoms with E-state index in [-0.39, 0.29) is 0 Å². The second kappa shape index (κ2) is 6.71. The molecule has 1 saturated heterocycles. The number of nitrogens with zero attached hydrogens (tertiary/aromatic N) is 2. The summed E-state index contributed by atoms with van der Waals surface area (Å²) in [5, 5.41) is 6.90. The van der Waals surface area contributed by atoms with Crippen LogP contribution in [0.3, 0.4) is 0 Å². The van der Waals surface area contributed by atoms with E-state index in [1.165, 1.54) is 30.1 Å². The van der Waals surface area contributed by atoms with Crippen molar-refractivity contribution < 1.29 is 0 Å². The third-order valence-electron chi connectivity index (χ3n) is 3.88. The molecular weight excluding hydrogens is 254 g/mol. The van der Waals surface area contributed by atoms with E-state index in [0.29, 0.717) is 18.0 Å². The fourth-order valence-corrected chi connectivity index (χ4v) is 3.80. The molecule has 1 aromatic rings. The number of nitrogens with one attached hydrogen (secondary N) is 1. The van der Waals surface area contributed by atoms with Crippen LogP contribution in [0, 0.1) is 5.92 Å². The second-order valence-electron chi connectivity index (χ2n) is 6.04. The number of hydrogen-bond donors (Lipinski definition) is 1. The number of anilines is 1. The van der Waals surface area contributed by atoms with Gasteiger partial charge in [0.1, 0.15) is 0 Å². The lowest BCUT2D eigenvalue weighted by molar-refractivity contribution is 0.548. The molecule has 0 aromatic carbocycles. The Labute approximate surface area is 121 Å². The molecule has 2 atom stereocenters. The van der Waals surface area contributed by atoms with E-state index in [9.17, 15) is 0 Å². The Morgan fingerprint density at radius 2 is 2.26 bits per heavy atom. The van der Waals surface area contributed by atoms with Gasteiger partial charge in [0.05, 0.1) is 5.69 Å². The van der Waals surface area contributed by atoms with Gasteiger partial charge in [-0.05, 0) is 38.6 Å². The van der Waals surface area contributed by atoms with Crippen molar-refractivity contribution in [3.8, 4) is 0 Å². The van der Waals surface area contributed by atoms with Gasteiger partial charge in [0, 0.05) is 24.0 Å². The lowest BCUT2D eigenvalue weighted by Gasteiger charge is -2.27. The first-order valence-electron chi connectivity index (χ1n) is 7.55. The largest absolute Gasteiger partial charge is 0.342 e. The van der Waals surface area contributed by atoms with E-state index in [2.05, 4.69) is 43.3 Å². The number of hydrogen-bond acceptors (Lipinski definition) is 4. The van der Waals surface area contributed by atoms with Crippen LogP contribution in [0.4, 0.5) is 5.13 Å². The van der Waals surface area contributed by atoms with E-state index in [4.69, 9.17) is 4.98 Å². The Morgan fingerprint density at radius 1 is 1.47 bits per heavy atom. The van der Waals surface area contributed by atoms with Gasteiger partial charge in [0.2, 0.25) is 0 Å². The smallest absolute Gasteiger partial charge is 0.186 e. The molecule has 0 saturated carbocycles. The van der Waals surface area contributed by atoms with Gasteiger partial charge < -0.3 is 10.2 Å². The van der Waals surface area contributed by atoms with E-state index in [1.807, 2.05) is 0 Å². The average Bonchev–Trinajstić information content (AvgIpc) is 2.95. The Hall–Kier alpha value is -0.610. The van der Waals surface area contributed by atoms with Crippen LogP contribution in [0.2, 0.25) is 0 Å². The first-order chi connectivity index (χ1) is 9.11. The predicted molar refractivity (Wildman–Crippen MR) is 83.9 cm³/mol. The van der Waals surface area contributed by atoms with Crippen LogP contribution in [0.25, 0.3) is 0 Å². The van der Waals surface area contributed by atoms with E-state index in [1.54, 1.807) is 11.3 Å². The number of rotatable bonds is 6. The fourth-order valence-electron chi connectivity index (χ4n) is 2.80. The molecule has 19 heavy (non-hydrogen) atoms. The second-order valence-corrected chi connectivity index (χ2v) is 6.88. The molecule has 1 aliphatic rings. The SMILES string of the molecule is CCC1CCC(C)N1c1nc(CNCC(C)C)cs1. The monoisotopic (exact) mass is 281 g/mol. The van der Waals surface area contributed by atoms with E-state index in [0.717, 1.165) is 13.1 Å². The molecule has 0 amide bonds. The third kappa shape index (κ3) is 3.69. The molecule has 1 aliphatic heterocycles. The normalized spacial score (nSPS) is 23.5. The topological polar surface area (TPSA) is 28.2 Å². The van der Waals surface area contributed by atoms with Crippen molar-refractivity contribution in [2.75, 3.05) is 11.4 Å². The molecule has 1 aromatic heterocycles. The number of thiazole rings is 1. The van der Waals surface area contributed by atoms with Gasteiger partial charge in [0.25, 0.3) is 0 Å². The first kappa shape index (κ1) is 14.8. The highest BCUT2D eigenvalue weighted by Crippen LogP contribution is 2.33. The van der Waals surface area contributed by atoms with Gasteiger partial charge in [-0.2, -0.15) is 0 Å². The highest BCUT2D eigenvalue weighted by molar-refractivity contribution is 7.13. The lowest BCUT2D eigenvalue weighted by Crippen LogP contribution is -2.34. The Morgan fingerprint density at radius 3 is 2.95 bits per heavy atom. The molecule has 2 unspecified atom stereocenters. The quantitative estimate of drug-likeness (QED) is 0.862. The lowest BCUT2D eigenvalue weighted by atomic mass is 10.2. The van der Waals surface area contributed by atoms with Gasteiger partial charge in [0.15, 0.2) is 5.13 Å². The molecule has 0 spiro atoms. The van der Waals surface area contributed by atoms with Gasteiger partial charge in [-0.25, -0.2) is 4.98 Å². The van der Waals surface area contributed by atoms with Crippen LogP contribution in [-0.4, -0.2) is 23.6 Å². The molecule has 0 bridgehead atoms. The zero-order chi connectivity index (χ0) is 13.8. The minimum atomic E-state index is 0.646. The minimum absolute atomic E-state index is 0.646. The molecule has 0 radical (unpaired) electrons. The molecule has 3 nitrogen and oxygen atoms in total. The van der Waals surface area contributed by atoms with Crippen molar-refractivity contribution in [2.24, 2.45) is 5.92 Å². The summed E-state index contributed by atoms with van der Waals surface area (Å²) in [7, 11) is 0. The summed E-state index contributed by atoms with van der Waals surface area (Å²) in [6.07, 6.45) is 3.85. The van der Waals surface area contributed by atoms with Crippen molar-refractivity contribution in [1.82, 2.24) is 10.3 Å². The average molecular weight is 281 g/mol. The zero-order valence-electron chi connectivity index (χ0n) is 12.6. The summed E-state index contributed by atoms with van der Waals surface area (Å²) in [6.45, 7) is 11.0. The van der Waals surface area contributed by atoms with Gasteiger partial charge >= 0.3 is 0 Å². The van der Waals surface area contributed by atoms with Crippen molar-refractivity contribution in [2.45, 2.75) is 65.6 Å². The highest BCUT2D eigenvalue weighted by Gasteiger charge is 2.31. The van der Waals surface area contributed by atoms with Crippen LogP contribution in [0.1, 0.15) is 52.7 Å². The molecule has 1 N–H and O–H groups in total. The van der Waals surface area contributed by atoms with Crippen LogP contribution in [0.5, 0.6) is 0 Å².